The van der Waals surface area contributed by atoms with Crippen LogP contribution in [0, 0.1) is 0 Å². The Morgan fingerprint density at radius 3 is 2.58 bits per heavy atom. The maximum absolute atomic E-state index is 11.4. The van der Waals surface area contributed by atoms with Gasteiger partial charge in [0.15, 0.2) is 0 Å². The van der Waals surface area contributed by atoms with Crippen LogP contribution in [0.5, 0.6) is 0 Å². The lowest BCUT2D eigenvalue weighted by Crippen LogP contribution is -2.47. The van der Waals surface area contributed by atoms with Gasteiger partial charge in [0.05, 0.1) is 6.54 Å². The van der Waals surface area contributed by atoms with Gasteiger partial charge >= 0.3 is 0 Å². The summed E-state index contributed by atoms with van der Waals surface area (Å²) >= 11 is 0. The fourth-order valence-corrected chi connectivity index (χ4v) is 2.82. The summed E-state index contributed by atoms with van der Waals surface area (Å²) < 4.78 is 0. The van der Waals surface area contributed by atoms with Gasteiger partial charge in [0.1, 0.15) is 0 Å². The fourth-order valence-electron chi connectivity index (χ4n) is 2.82. The third-order valence-corrected chi connectivity index (χ3v) is 3.90. The van der Waals surface area contributed by atoms with E-state index in [1.165, 1.54) is 5.56 Å². The SMILES string of the molecule is CC(c1ccccc1)N(CC(N)=O)C1CCNCC1. The zero-order valence-corrected chi connectivity index (χ0v) is 11.5. The molecule has 0 spiro atoms. The van der Waals surface area contributed by atoms with Crippen LogP contribution in [-0.2, 0) is 4.79 Å². The summed E-state index contributed by atoms with van der Waals surface area (Å²) in [6, 6.07) is 11.0. The van der Waals surface area contributed by atoms with Gasteiger partial charge in [0.2, 0.25) is 5.91 Å². The summed E-state index contributed by atoms with van der Waals surface area (Å²) in [5, 5.41) is 3.36. The van der Waals surface area contributed by atoms with Gasteiger partial charge in [0, 0.05) is 12.1 Å². The molecule has 1 fully saturated rings. The van der Waals surface area contributed by atoms with Gasteiger partial charge in [-0.2, -0.15) is 0 Å². The van der Waals surface area contributed by atoms with Crippen molar-refractivity contribution in [1.82, 2.24) is 10.2 Å². The largest absolute Gasteiger partial charge is 0.369 e. The monoisotopic (exact) mass is 261 g/mol. The third kappa shape index (κ3) is 3.78. The zero-order valence-electron chi connectivity index (χ0n) is 11.5. The van der Waals surface area contributed by atoms with E-state index in [0.29, 0.717) is 12.6 Å². The molecule has 3 N–H and O–H groups in total. The van der Waals surface area contributed by atoms with E-state index in [1.807, 2.05) is 18.2 Å². The molecule has 0 aliphatic carbocycles. The number of piperidine rings is 1. The Hall–Kier alpha value is -1.39. The number of amides is 1. The maximum atomic E-state index is 11.4. The van der Waals surface area contributed by atoms with Gasteiger partial charge in [-0.1, -0.05) is 30.3 Å². The molecule has 4 nitrogen and oxygen atoms in total. The van der Waals surface area contributed by atoms with Crippen LogP contribution in [0.25, 0.3) is 0 Å². The predicted molar refractivity (Wildman–Crippen MR) is 76.6 cm³/mol. The highest BCUT2D eigenvalue weighted by molar-refractivity contribution is 5.76. The second kappa shape index (κ2) is 6.68. The molecule has 1 atom stereocenters. The van der Waals surface area contributed by atoms with Crippen molar-refractivity contribution in [2.24, 2.45) is 5.73 Å². The first kappa shape index (κ1) is 14.0. The van der Waals surface area contributed by atoms with Gasteiger partial charge in [-0.25, -0.2) is 0 Å². The average molecular weight is 261 g/mol. The van der Waals surface area contributed by atoms with Crippen LogP contribution in [-0.4, -0.2) is 36.5 Å². The molecule has 1 heterocycles. The molecule has 1 aliphatic rings. The number of hydrogen-bond donors (Lipinski definition) is 2. The van der Waals surface area contributed by atoms with Gasteiger partial charge < -0.3 is 11.1 Å². The summed E-state index contributed by atoms with van der Waals surface area (Å²) in [6.45, 7) is 4.52. The predicted octanol–water partition coefficient (Wildman–Crippen LogP) is 1.29. The number of rotatable bonds is 5. The van der Waals surface area contributed by atoms with Crippen LogP contribution in [0.4, 0.5) is 0 Å². The molecule has 104 valence electrons. The number of benzene rings is 1. The molecule has 1 saturated heterocycles. The summed E-state index contributed by atoms with van der Waals surface area (Å²) in [7, 11) is 0. The van der Waals surface area contributed by atoms with Crippen molar-refractivity contribution in [3.63, 3.8) is 0 Å². The lowest BCUT2D eigenvalue weighted by molar-refractivity contribution is -0.120. The Labute approximate surface area is 115 Å². The minimum Gasteiger partial charge on any atom is -0.369 e. The van der Waals surface area contributed by atoms with Gasteiger partial charge in [0.25, 0.3) is 0 Å². The van der Waals surface area contributed by atoms with E-state index in [0.717, 1.165) is 25.9 Å². The van der Waals surface area contributed by atoms with Crippen molar-refractivity contribution in [2.75, 3.05) is 19.6 Å². The molecule has 0 aromatic heterocycles. The second-order valence-electron chi connectivity index (χ2n) is 5.21. The average Bonchev–Trinajstić information content (AvgIpc) is 2.46. The number of hydrogen-bond acceptors (Lipinski definition) is 3. The van der Waals surface area contributed by atoms with Crippen LogP contribution in [0.15, 0.2) is 30.3 Å². The van der Waals surface area contributed by atoms with Crippen molar-refractivity contribution in [3.05, 3.63) is 35.9 Å². The van der Waals surface area contributed by atoms with Crippen molar-refractivity contribution in [3.8, 4) is 0 Å². The van der Waals surface area contributed by atoms with E-state index in [9.17, 15) is 4.79 Å². The Kier molecular flexibility index (Phi) is 4.93. The Balaban J connectivity index is 2.14. The molecule has 19 heavy (non-hydrogen) atoms. The van der Waals surface area contributed by atoms with Crippen LogP contribution < -0.4 is 11.1 Å². The lowest BCUT2D eigenvalue weighted by Gasteiger charge is -2.38. The van der Waals surface area contributed by atoms with Crippen molar-refractivity contribution < 1.29 is 4.79 Å². The highest BCUT2D eigenvalue weighted by Gasteiger charge is 2.27. The normalized spacial score (nSPS) is 18.4. The van der Waals surface area contributed by atoms with Crippen LogP contribution in [0.3, 0.4) is 0 Å². The second-order valence-corrected chi connectivity index (χ2v) is 5.21. The number of primary amides is 1. The number of nitrogens with zero attached hydrogens (tertiary/aromatic N) is 1. The summed E-state index contributed by atoms with van der Waals surface area (Å²) in [5.74, 6) is -0.249. The fraction of sp³-hybridized carbons (Fsp3) is 0.533. The zero-order chi connectivity index (χ0) is 13.7. The molecule has 1 unspecified atom stereocenters. The molecule has 4 heteroatoms. The first-order valence-corrected chi connectivity index (χ1v) is 6.98. The number of nitrogens with one attached hydrogen (secondary N) is 1. The standard InChI is InChI=1S/C15H23N3O/c1-12(13-5-3-2-4-6-13)18(11-15(16)19)14-7-9-17-10-8-14/h2-6,12,14,17H,7-11H2,1H3,(H2,16,19). The van der Waals surface area contributed by atoms with Crippen molar-refractivity contribution >= 4 is 5.91 Å². The van der Waals surface area contributed by atoms with E-state index in [1.54, 1.807) is 0 Å². The highest BCUT2D eigenvalue weighted by atomic mass is 16.1. The Morgan fingerprint density at radius 1 is 1.37 bits per heavy atom. The van der Waals surface area contributed by atoms with E-state index >= 15 is 0 Å². The first-order valence-electron chi connectivity index (χ1n) is 6.98. The van der Waals surface area contributed by atoms with Gasteiger partial charge in [-0.05, 0) is 38.4 Å². The summed E-state index contributed by atoms with van der Waals surface area (Å²) in [5.41, 5.74) is 6.66. The number of carbonyl (C=O) groups is 1. The molecule has 0 saturated carbocycles. The molecule has 1 amide bonds. The van der Waals surface area contributed by atoms with Crippen molar-refractivity contribution in [2.45, 2.75) is 31.8 Å². The third-order valence-electron chi connectivity index (χ3n) is 3.90. The van der Waals surface area contributed by atoms with Crippen LogP contribution in [0.2, 0.25) is 0 Å². The van der Waals surface area contributed by atoms with Crippen molar-refractivity contribution in [1.29, 1.82) is 0 Å². The smallest absolute Gasteiger partial charge is 0.231 e. The number of carbonyl (C=O) groups excluding carboxylic acids is 1. The van der Waals surface area contributed by atoms with E-state index in [2.05, 4.69) is 29.3 Å². The topological polar surface area (TPSA) is 58.4 Å². The Bertz CT molecular complexity index is 401. The molecule has 2 rings (SSSR count). The summed E-state index contributed by atoms with van der Waals surface area (Å²) in [6.07, 6.45) is 2.15. The Morgan fingerprint density at radius 2 is 2.00 bits per heavy atom. The van der Waals surface area contributed by atoms with E-state index in [4.69, 9.17) is 5.73 Å². The molecule has 1 aromatic carbocycles. The molecular weight excluding hydrogens is 238 g/mol. The molecule has 0 radical (unpaired) electrons. The lowest BCUT2D eigenvalue weighted by atomic mass is 9.99. The van der Waals surface area contributed by atoms with Gasteiger partial charge in [-0.15, -0.1) is 0 Å². The van der Waals surface area contributed by atoms with E-state index in [-0.39, 0.29) is 11.9 Å². The van der Waals surface area contributed by atoms with Crippen LogP contribution >= 0.6 is 0 Å². The molecular formula is C15H23N3O. The molecule has 1 aromatic rings. The highest BCUT2D eigenvalue weighted by Crippen LogP contribution is 2.25. The quantitative estimate of drug-likeness (QED) is 0.839. The summed E-state index contributed by atoms with van der Waals surface area (Å²) in [4.78, 5) is 13.6. The minimum atomic E-state index is -0.249. The van der Waals surface area contributed by atoms with E-state index < -0.39 is 0 Å². The van der Waals surface area contributed by atoms with Gasteiger partial charge in [-0.3, -0.25) is 9.69 Å². The minimum absolute atomic E-state index is 0.219. The number of nitrogens with two attached hydrogens (primary N) is 1. The molecule has 1 aliphatic heterocycles. The van der Waals surface area contributed by atoms with Crippen LogP contribution in [0.1, 0.15) is 31.4 Å². The first-order chi connectivity index (χ1) is 9.18. The maximum Gasteiger partial charge on any atom is 0.231 e. The molecule has 0 bridgehead atoms.